The topological polar surface area (TPSA) is 49.2 Å². The van der Waals surface area contributed by atoms with E-state index in [0.717, 1.165) is 38.0 Å². The van der Waals surface area contributed by atoms with Gasteiger partial charge >= 0.3 is 0 Å². The molecule has 1 saturated heterocycles. The van der Waals surface area contributed by atoms with Gasteiger partial charge in [-0.15, -0.1) is 0 Å². The summed E-state index contributed by atoms with van der Waals surface area (Å²) in [4.78, 5) is 11.3. The van der Waals surface area contributed by atoms with E-state index in [0.29, 0.717) is 0 Å². The van der Waals surface area contributed by atoms with E-state index in [9.17, 15) is 5.11 Å². The molecule has 4 heteroatoms. The van der Waals surface area contributed by atoms with Crippen LogP contribution in [-0.4, -0.2) is 34.3 Å². The first kappa shape index (κ1) is 11.9. The fourth-order valence-corrected chi connectivity index (χ4v) is 3.23. The molecule has 1 N–H and O–H groups in total. The van der Waals surface area contributed by atoms with Gasteiger partial charge in [0.25, 0.3) is 0 Å². The monoisotopic (exact) mass is 247 g/mol. The molecule has 2 aliphatic rings. The van der Waals surface area contributed by atoms with Gasteiger partial charge < -0.3 is 10.0 Å². The molecule has 0 amide bonds. The Kier molecular flexibility index (Phi) is 3.46. The fourth-order valence-electron chi connectivity index (χ4n) is 3.23. The predicted molar refractivity (Wildman–Crippen MR) is 70.7 cm³/mol. The maximum absolute atomic E-state index is 9.47. The Morgan fingerprint density at radius 3 is 2.94 bits per heavy atom. The van der Waals surface area contributed by atoms with Crippen LogP contribution in [0, 0.1) is 0 Å². The van der Waals surface area contributed by atoms with Crippen LogP contribution in [0.2, 0.25) is 0 Å². The van der Waals surface area contributed by atoms with Crippen LogP contribution in [0.1, 0.15) is 43.4 Å². The SMILES string of the molecule is OCC1CCCN1c1ncnc2c1CCCCC2. The third kappa shape index (κ3) is 2.09. The number of aliphatic hydroxyl groups is 1. The van der Waals surface area contributed by atoms with E-state index in [2.05, 4.69) is 14.9 Å². The van der Waals surface area contributed by atoms with Gasteiger partial charge in [0.05, 0.1) is 12.6 Å². The minimum absolute atomic E-state index is 0.235. The summed E-state index contributed by atoms with van der Waals surface area (Å²) >= 11 is 0. The summed E-state index contributed by atoms with van der Waals surface area (Å²) in [6, 6.07) is 0.257. The molecule has 0 aromatic carbocycles. The van der Waals surface area contributed by atoms with Gasteiger partial charge in [0.2, 0.25) is 0 Å². The van der Waals surface area contributed by atoms with E-state index < -0.39 is 0 Å². The Morgan fingerprint density at radius 1 is 1.17 bits per heavy atom. The molecular formula is C14H21N3O. The number of nitrogens with zero attached hydrogens (tertiary/aromatic N) is 3. The lowest BCUT2D eigenvalue weighted by molar-refractivity contribution is 0.266. The number of aromatic nitrogens is 2. The number of rotatable bonds is 2. The third-order valence-corrected chi connectivity index (χ3v) is 4.21. The van der Waals surface area contributed by atoms with Crippen LogP contribution in [-0.2, 0) is 12.8 Å². The Labute approximate surface area is 108 Å². The van der Waals surface area contributed by atoms with E-state index >= 15 is 0 Å². The fraction of sp³-hybridized carbons (Fsp3) is 0.714. The normalized spacial score (nSPS) is 23.8. The van der Waals surface area contributed by atoms with Crippen molar-refractivity contribution in [1.29, 1.82) is 0 Å². The van der Waals surface area contributed by atoms with Gasteiger partial charge in [-0.3, -0.25) is 0 Å². The predicted octanol–water partition coefficient (Wildman–Crippen LogP) is 1.71. The van der Waals surface area contributed by atoms with Crippen molar-refractivity contribution in [2.75, 3.05) is 18.1 Å². The van der Waals surface area contributed by atoms with Crippen LogP contribution < -0.4 is 4.90 Å². The molecule has 1 aromatic rings. The second-order valence-corrected chi connectivity index (χ2v) is 5.36. The molecular weight excluding hydrogens is 226 g/mol. The van der Waals surface area contributed by atoms with Crippen molar-refractivity contribution in [3.05, 3.63) is 17.6 Å². The summed E-state index contributed by atoms with van der Waals surface area (Å²) in [6.45, 7) is 1.26. The van der Waals surface area contributed by atoms with E-state index in [1.807, 2.05) is 0 Å². The van der Waals surface area contributed by atoms with E-state index in [-0.39, 0.29) is 12.6 Å². The van der Waals surface area contributed by atoms with Gasteiger partial charge in [-0.2, -0.15) is 0 Å². The quantitative estimate of drug-likeness (QED) is 0.808. The van der Waals surface area contributed by atoms with Crippen LogP contribution in [0.5, 0.6) is 0 Å². The van der Waals surface area contributed by atoms with Gasteiger partial charge in [-0.05, 0) is 38.5 Å². The average Bonchev–Trinajstić information content (AvgIpc) is 2.74. The van der Waals surface area contributed by atoms with Crippen molar-refractivity contribution < 1.29 is 5.11 Å². The molecule has 1 aliphatic carbocycles. The standard InChI is InChI=1S/C14H21N3O/c18-9-11-5-4-8-17(11)14-12-6-2-1-3-7-13(12)15-10-16-14/h10-11,18H,1-9H2. The number of hydrogen-bond donors (Lipinski definition) is 1. The van der Waals surface area contributed by atoms with Crippen molar-refractivity contribution in [3.63, 3.8) is 0 Å². The summed E-state index contributed by atoms with van der Waals surface area (Å²) in [5.74, 6) is 1.10. The van der Waals surface area contributed by atoms with Crippen LogP contribution in [0.4, 0.5) is 5.82 Å². The van der Waals surface area contributed by atoms with Crippen molar-refractivity contribution in [1.82, 2.24) is 9.97 Å². The maximum Gasteiger partial charge on any atom is 0.135 e. The van der Waals surface area contributed by atoms with Crippen molar-refractivity contribution >= 4 is 5.82 Å². The Balaban J connectivity index is 1.96. The molecule has 98 valence electrons. The van der Waals surface area contributed by atoms with Crippen molar-refractivity contribution in [2.24, 2.45) is 0 Å². The van der Waals surface area contributed by atoms with Gasteiger partial charge in [0, 0.05) is 17.8 Å². The average molecular weight is 247 g/mol. The lowest BCUT2D eigenvalue weighted by Crippen LogP contribution is -2.33. The molecule has 4 nitrogen and oxygen atoms in total. The minimum Gasteiger partial charge on any atom is -0.394 e. The summed E-state index contributed by atoms with van der Waals surface area (Å²) in [7, 11) is 0. The number of fused-ring (bicyclic) bond motifs is 1. The summed E-state index contributed by atoms with van der Waals surface area (Å²) in [5.41, 5.74) is 2.58. The maximum atomic E-state index is 9.47. The van der Waals surface area contributed by atoms with E-state index in [1.165, 1.54) is 30.5 Å². The molecule has 2 heterocycles. The molecule has 18 heavy (non-hydrogen) atoms. The molecule has 3 rings (SSSR count). The highest BCUT2D eigenvalue weighted by Gasteiger charge is 2.28. The largest absolute Gasteiger partial charge is 0.394 e. The first-order valence-electron chi connectivity index (χ1n) is 7.10. The highest BCUT2D eigenvalue weighted by Crippen LogP contribution is 2.30. The number of hydrogen-bond acceptors (Lipinski definition) is 4. The first-order chi connectivity index (χ1) is 8.90. The Bertz CT molecular complexity index is 422. The van der Waals surface area contributed by atoms with Crippen LogP contribution in [0.25, 0.3) is 0 Å². The highest BCUT2D eigenvalue weighted by atomic mass is 16.3. The molecule has 0 radical (unpaired) electrons. The summed E-state index contributed by atoms with van der Waals surface area (Å²) in [5, 5.41) is 9.47. The van der Waals surface area contributed by atoms with Gasteiger partial charge in [-0.1, -0.05) is 6.42 Å². The van der Waals surface area contributed by atoms with Gasteiger partial charge in [0.15, 0.2) is 0 Å². The zero-order chi connectivity index (χ0) is 12.4. The first-order valence-corrected chi connectivity index (χ1v) is 7.10. The molecule has 1 aliphatic heterocycles. The zero-order valence-electron chi connectivity index (χ0n) is 10.8. The van der Waals surface area contributed by atoms with Crippen molar-refractivity contribution in [2.45, 2.75) is 51.0 Å². The Hall–Kier alpha value is -1.16. The number of aliphatic hydroxyl groups excluding tert-OH is 1. The smallest absolute Gasteiger partial charge is 0.135 e. The highest BCUT2D eigenvalue weighted by molar-refractivity contribution is 5.51. The lowest BCUT2D eigenvalue weighted by Gasteiger charge is -2.26. The number of aryl methyl sites for hydroxylation is 1. The van der Waals surface area contributed by atoms with Crippen LogP contribution in [0.3, 0.4) is 0 Å². The molecule has 1 aromatic heterocycles. The Morgan fingerprint density at radius 2 is 2.06 bits per heavy atom. The van der Waals surface area contributed by atoms with E-state index in [1.54, 1.807) is 6.33 Å². The second kappa shape index (κ2) is 5.22. The molecule has 1 atom stereocenters. The molecule has 1 fully saturated rings. The zero-order valence-corrected chi connectivity index (χ0v) is 10.8. The summed E-state index contributed by atoms with van der Waals surface area (Å²) < 4.78 is 0. The molecule has 0 saturated carbocycles. The van der Waals surface area contributed by atoms with E-state index in [4.69, 9.17) is 0 Å². The lowest BCUT2D eigenvalue weighted by atomic mass is 10.1. The van der Waals surface area contributed by atoms with Crippen molar-refractivity contribution in [3.8, 4) is 0 Å². The molecule has 0 bridgehead atoms. The minimum atomic E-state index is 0.235. The second-order valence-electron chi connectivity index (χ2n) is 5.36. The summed E-state index contributed by atoms with van der Waals surface area (Å²) in [6.07, 6.45) is 9.89. The van der Waals surface area contributed by atoms with Gasteiger partial charge in [-0.25, -0.2) is 9.97 Å². The van der Waals surface area contributed by atoms with Gasteiger partial charge in [0.1, 0.15) is 12.1 Å². The number of anilines is 1. The van der Waals surface area contributed by atoms with Crippen LogP contribution in [0.15, 0.2) is 6.33 Å². The van der Waals surface area contributed by atoms with Crippen LogP contribution >= 0.6 is 0 Å². The third-order valence-electron chi connectivity index (χ3n) is 4.21. The molecule has 0 spiro atoms. The molecule has 1 unspecified atom stereocenters.